The van der Waals surface area contributed by atoms with Gasteiger partial charge in [-0.3, -0.25) is 4.79 Å². The molecule has 0 aromatic carbocycles. The van der Waals surface area contributed by atoms with E-state index in [1.165, 1.54) is 96.3 Å². The zero-order valence-electron chi connectivity index (χ0n) is 47.9. The van der Waals surface area contributed by atoms with E-state index in [4.69, 9.17) is 28.4 Å². The smallest absolute Gasteiger partial charge is 0.306 e. The number of aliphatic hydroxyl groups is 7. The summed E-state index contributed by atoms with van der Waals surface area (Å²) in [6, 6.07) is 0. The average molecular weight is 1090 g/mol. The van der Waals surface area contributed by atoms with Gasteiger partial charge < -0.3 is 64.2 Å². The van der Waals surface area contributed by atoms with E-state index in [1.807, 2.05) is 0 Å². The van der Waals surface area contributed by atoms with Crippen LogP contribution in [0.4, 0.5) is 0 Å². The van der Waals surface area contributed by atoms with Crippen molar-refractivity contribution in [2.75, 3.05) is 33.0 Å². The number of hydrogen-bond acceptors (Lipinski definition) is 14. The van der Waals surface area contributed by atoms with Gasteiger partial charge in [-0.05, 0) is 64.2 Å². The zero-order valence-corrected chi connectivity index (χ0v) is 47.9. The van der Waals surface area contributed by atoms with Crippen molar-refractivity contribution in [2.45, 2.75) is 287 Å². The highest BCUT2D eigenvalue weighted by molar-refractivity contribution is 5.69. The molecule has 0 bridgehead atoms. The molecule has 0 aromatic rings. The van der Waals surface area contributed by atoms with Crippen LogP contribution < -0.4 is 0 Å². The van der Waals surface area contributed by atoms with E-state index in [0.717, 1.165) is 96.3 Å². The van der Waals surface area contributed by atoms with Crippen molar-refractivity contribution < 1.29 is 69.0 Å². The highest BCUT2D eigenvalue weighted by atomic mass is 16.7. The minimum Gasteiger partial charge on any atom is -0.457 e. The lowest BCUT2D eigenvalue weighted by Gasteiger charge is -2.42. The van der Waals surface area contributed by atoms with Crippen LogP contribution in [0.15, 0.2) is 72.9 Å². The minimum atomic E-state index is -1.71. The Morgan fingerprint density at radius 3 is 1.32 bits per heavy atom. The van der Waals surface area contributed by atoms with Crippen LogP contribution in [0, 0.1) is 0 Å². The number of carbonyl (C=O) groups excluding carboxylic acids is 1. The first-order chi connectivity index (χ1) is 37.6. The van der Waals surface area contributed by atoms with Crippen LogP contribution in [0.5, 0.6) is 0 Å². The Morgan fingerprint density at radius 2 is 0.844 bits per heavy atom. The van der Waals surface area contributed by atoms with Gasteiger partial charge in [0.1, 0.15) is 54.9 Å². The first-order valence-corrected chi connectivity index (χ1v) is 30.5. The first kappa shape index (κ1) is 70.5. The molecule has 14 heteroatoms. The lowest BCUT2D eigenvalue weighted by atomic mass is 9.98. The van der Waals surface area contributed by atoms with Crippen molar-refractivity contribution >= 4 is 5.97 Å². The zero-order chi connectivity index (χ0) is 55.8. The van der Waals surface area contributed by atoms with Gasteiger partial charge in [-0.1, -0.05) is 222 Å². The van der Waals surface area contributed by atoms with Gasteiger partial charge in [0.05, 0.1) is 26.4 Å². The fourth-order valence-electron chi connectivity index (χ4n) is 9.35. The summed E-state index contributed by atoms with van der Waals surface area (Å²) in [6.45, 7) is 3.55. The molecule has 0 radical (unpaired) electrons. The Morgan fingerprint density at radius 1 is 0.442 bits per heavy atom. The molecule has 0 aliphatic carbocycles. The molecule has 2 saturated heterocycles. The maximum Gasteiger partial charge on any atom is 0.306 e. The minimum absolute atomic E-state index is 0.0469. The first-order valence-electron chi connectivity index (χ1n) is 30.5. The van der Waals surface area contributed by atoms with Gasteiger partial charge in [0.25, 0.3) is 0 Å². The number of aliphatic hydroxyl groups excluding tert-OH is 7. The molecule has 11 unspecified atom stereocenters. The Bertz CT molecular complexity index is 1550. The highest BCUT2D eigenvalue weighted by Crippen LogP contribution is 2.27. The topological polar surface area (TPSA) is 214 Å². The van der Waals surface area contributed by atoms with Crippen LogP contribution in [0.2, 0.25) is 0 Å². The summed E-state index contributed by atoms with van der Waals surface area (Å²) in [6.07, 6.45) is 46.7. The molecular weight excluding hydrogens is 981 g/mol. The van der Waals surface area contributed by atoms with Crippen LogP contribution in [-0.2, 0) is 33.2 Å². The second-order valence-corrected chi connectivity index (χ2v) is 21.2. The Balaban J connectivity index is 1.71. The lowest BCUT2D eigenvalue weighted by Crippen LogP contribution is -2.61. The second kappa shape index (κ2) is 49.3. The number of unbranched alkanes of at least 4 members (excludes halogenated alkanes) is 23. The highest BCUT2D eigenvalue weighted by Gasteiger charge is 2.47. The van der Waals surface area contributed by atoms with E-state index in [2.05, 4.69) is 86.8 Å². The predicted octanol–water partition coefficient (Wildman–Crippen LogP) is 11.4. The number of ether oxygens (including phenoxy) is 6. The van der Waals surface area contributed by atoms with E-state index in [9.17, 15) is 40.5 Å². The fraction of sp³-hybridized carbons (Fsp3) is 0.794. The number of rotatable bonds is 49. The number of hydrogen-bond donors (Lipinski definition) is 7. The normalized spacial score (nSPS) is 24.8. The van der Waals surface area contributed by atoms with Gasteiger partial charge in [-0.2, -0.15) is 0 Å². The fourth-order valence-corrected chi connectivity index (χ4v) is 9.35. The SMILES string of the molecule is CC/C=C\C/C=C\C/C=C\C/C=C\C/C=C\C/C=C\CCCCCCCOCC(COC1OC(COC2OC(CO)C(O)C(O)C2O)C(O)C(O)C1O)OC(=O)CCCCCCCCCCCCCCCCCCCCC. The third-order valence-electron chi connectivity index (χ3n) is 14.2. The molecular formula is C63H110O14. The van der Waals surface area contributed by atoms with Crippen LogP contribution in [-0.4, -0.2) is 142 Å². The van der Waals surface area contributed by atoms with E-state index >= 15 is 0 Å². The van der Waals surface area contributed by atoms with Crippen LogP contribution >= 0.6 is 0 Å². The van der Waals surface area contributed by atoms with Crippen molar-refractivity contribution in [2.24, 2.45) is 0 Å². The van der Waals surface area contributed by atoms with Gasteiger partial charge in [0.15, 0.2) is 12.6 Å². The monoisotopic (exact) mass is 1090 g/mol. The number of carbonyl (C=O) groups is 1. The molecule has 2 heterocycles. The third-order valence-corrected chi connectivity index (χ3v) is 14.2. The summed E-state index contributed by atoms with van der Waals surface area (Å²) in [5, 5.41) is 72.4. The summed E-state index contributed by atoms with van der Waals surface area (Å²) in [5.41, 5.74) is 0. The maximum absolute atomic E-state index is 13.1. The van der Waals surface area contributed by atoms with Crippen molar-refractivity contribution in [3.05, 3.63) is 72.9 Å². The molecule has 0 aromatic heterocycles. The molecule has 11 atom stereocenters. The Labute approximate surface area is 466 Å². The maximum atomic E-state index is 13.1. The molecule has 0 amide bonds. The lowest BCUT2D eigenvalue weighted by molar-refractivity contribution is -0.332. The molecule has 7 N–H and O–H groups in total. The van der Waals surface area contributed by atoms with Gasteiger partial charge in [-0.25, -0.2) is 0 Å². The van der Waals surface area contributed by atoms with Crippen LogP contribution in [0.1, 0.15) is 219 Å². The molecule has 2 aliphatic heterocycles. The molecule has 446 valence electrons. The van der Waals surface area contributed by atoms with E-state index in [1.54, 1.807) is 0 Å². The second-order valence-electron chi connectivity index (χ2n) is 21.2. The van der Waals surface area contributed by atoms with Crippen LogP contribution in [0.3, 0.4) is 0 Å². The number of allylic oxidation sites excluding steroid dienone is 12. The van der Waals surface area contributed by atoms with Crippen molar-refractivity contribution in [3.63, 3.8) is 0 Å². The quantitative estimate of drug-likeness (QED) is 0.0172. The van der Waals surface area contributed by atoms with Crippen molar-refractivity contribution in [1.29, 1.82) is 0 Å². The van der Waals surface area contributed by atoms with E-state index < -0.39 is 80.7 Å². The molecule has 14 nitrogen and oxygen atoms in total. The van der Waals surface area contributed by atoms with Gasteiger partial charge in [0, 0.05) is 13.0 Å². The molecule has 2 rings (SSSR count). The van der Waals surface area contributed by atoms with Crippen molar-refractivity contribution in [3.8, 4) is 0 Å². The molecule has 77 heavy (non-hydrogen) atoms. The summed E-state index contributed by atoms with van der Waals surface area (Å²) < 4.78 is 34.4. The van der Waals surface area contributed by atoms with Gasteiger partial charge >= 0.3 is 5.97 Å². The third kappa shape index (κ3) is 35.7. The molecule has 0 saturated carbocycles. The summed E-state index contributed by atoms with van der Waals surface area (Å²) in [4.78, 5) is 13.1. The van der Waals surface area contributed by atoms with E-state index in [0.29, 0.717) is 13.0 Å². The largest absolute Gasteiger partial charge is 0.457 e. The Kier molecular flexibility index (Phi) is 45.1. The Hall–Kier alpha value is -2.57. The van der Waals surface area contributed by atoms with Gasteiger partial charge in [-0.15, -0.1) is 0 Å². The predicted molar refractivity (Wildman–Crippen MR) is 307 cm³/mol. The summed E-state index contributed by atoms with van der Waals surface area (Å²) in [5.74, 6) is -0.382. The molecule has 2 fully saturated rings. The van der Waals surface area contributed by atoms with Gasteiger partial charge in [0.2, 0.25) is 0 Å². The van der Waals surface area contributed by atoms with Crippen LogP contribution in [0.25, 0.3) is 0 Å². The number of esters is 1. The molecule has 0 spiro atoms. The van der Waals surface area contributed by atoms with E-state index in [-0.39, 0.29) is 25.6 Å². The summed E-state index contributed by atoms with van der Waals surface area (Å²) in [7, 11) is 0. The molecule has 2 aliphatic rings. The standard InChI is InChI=1S/C63H110O14/c1-3-5-7-9-11-13-15-17-19-21-23-24-25-26-27-29-31-33-35-37-39-41-43-45-47-72-49-52(75-55(65)46-44-42-40-38-36-34-32-30-28-22-20-18-16-14-12-10-8-6-4-2)50-73-62-61(71)59(69)57(67)54(77-62)51-74-63-60(70)58(68)56(66)53(48-64)76-63/h5,7,11,13,17,19,23-24,26-27,31,33,52-54,56-64,66-71H,3-4,6,8-10,12,14-16,18,20-22,25,28-30,32,34-51H2,1-2H3/b7-5-,13-11-,19-17-,24-23-,27-26-,33-31-. The average Bonchev–Trinajstić information content (AvgIpc) is 3.43. The van der Waals surface area contributed by atoms with Crippen molar-refractivity contribution in [1.82, 2.24) is 0 Å². The summed E-state index contributed by atoms with van der Waals surface area (Å²) >= 11 is 0.